The van der Waals surface area contributed by atoms with Crippen molar-refractivity contribution in [1.29, 1.82) is 0 Å². The van der Waals surface area contributed by atoms with Crippen LogP contribution in [0.15, 0.2) is 42.5 Å². The molecule has 1 fully saturated rings. The number of piperazine rings is 1. The molecule has 0 bridgehead atoms. The van der Waals surface area contributed by atoms with Crippen LogP contribution in [0.3, 0.4) is 0 Å². The molecule has 5 nitrogen and oxygen atoms in total. The number of aryl methyl sites for hydroxylation is 1. The first kappa shape index (κ1) is 21.4. The molecule has 3 aromatic rings. The lowest BCUT2D eigenvalue weighted by atomic mass is 10.1. The number of carbonyl (C=O) groups excluding carboxylic acids is 1. The van der Waals surface area contributed by atoms with E-state index in [0.717, 1.165) is 17.4 Å². The maximum atomic E-state index is 13.2. The van der Waals surface area contributed by atoms with Gasteiger partial charge in [-0.25, -0.2) is 4.98 Å². The number of nitrogens with zero attached hydrogens (tertiary/aromatic N) is 3. The number of methoxy groups -OCH3 is 1. The van der Waals surface area contributed by atoms with Gasteiger partial charge < -0.3 is 14.5 Å². The predicted octanol–water partition coefficient (Wildman–Crippen LogP) is 4.61. The number of hydrogen-bond acceptors (Lipinski definition) is 5. The van der Waals surface area contributed by atoms with Crippen LogP contribution < -0.4 is 9.64 Å². The second-order valence-electron chi connectivity index (χ2n) is 7.36. The molecule has 4 rings (SSSR count). The van der Waals surface area contributed by atoms with Gasteiger partial charge in [0, 0.05) is 32.6 Å². The van der Waals surface area contributed by atoms with E-state index in [1.807, 2.05) is 34.1 Å². The Labute approximate surface area is 182 Å². The first-order valence-electron chi connectivity index (χ1n) is 9.97. The number of anilines is 1. The van der Waals surface area contributed by atoms with Gasteiger partial charge in [-0.2, -0.15) is 13.2 Å². The quantitative estimate of drug-likeness (QED) is 0.571. The summed E-state index contributed by atoms with van der Waals surface area (Å²) in [5, 5.41) is 0.567. The van der Waals surface area contributed by atoms with Crippen LogP contribution in [0.25, 0.3) is 10.2 Å². The van der Waals surface area contributed by atoms with E-state index in [9.17, 15) is 18.0 Å². The third-order valence-electron chi connectivity index (χ3n) is 5.40. The lowest BCUT2D eigenvalue weighted by Gasteiger charge is -2.34. The van der Waals surface area contributed by atoms with Gasteiger partial charge in [0.05, 0.1) is 22.9 Å². The van der Waals surface area contributed by atoms with Gasteiger partial charge >= 0.3 is 6.18 Å². The number of ether oxygens (including phenoxy) is 1. The molecule has 1 amide bonds. The van der Waals surface area contributed by atoms with Crippen LogP contribution >= 0.6 is 11.3 Å². The molecular weight excluding hydrogens is 427 g/mol. The smallest absolute Gasteiger partial charge is 0.418 e. The van der Waals surface area contributed by atoms with Gasteiger partial charge in [-0.1, -0.05) is 29.5 Å². The van der Waals surface area contributed by atoms with Crippen molar-refractivity contribution < 1.29 is 22.7 Å². The van der Waals surface area contributed by atoms with Crippen molar-refractivity contribution in [3.05, 3.63) is 53.6 Å². The van der Waals surface area contributed by atoms with Crippen molar-refractivity contribution >= 4 is 32.6 Å². The Balaban J connectivity index is 1.35. The summed E-state index contributed by atoms with van der Waals surface area (Å²) in [4.78, 5) is 20.6. The molecule has 0 radical (unpaired) electrons. The van der Waals surface area contributed by atoms with Gasteiger partial charge in [0.2, 0.25) is 5.91 Å². The van der Waals surface area contributed by atoms with E-state index in [1.54, 1.807) is 13.2 Å². The fraction of sp³-hybridized carbons (Fsp3) is 0.364. The second kappa shape index (κ2) is 8.74. The average Bonchev–Trinajstić information content (AvgIpc) is 3.21. The molecule has 1 aliphatic rings. The Morgan fingerprint density at radius 3 is 2.45 bits per heavy atom. The summed E-state index contributed by atoms with van der Waals surface area (Å²) >= 11 is 1.26. The van der Waals surface area contributed by atoms with Crippen molar-refractivity contribution in [3.8, 4) is 5.75 Å². The molecule has 0 saturated carbocycles. The van der Waals surface area contributed by atoms with Crippen LogP contribution in [0.4, 0.5) is 18.3 Å². The Kier molecular flexibility index (Phi) is 6.04. The van der Waals surface area contributed by atoms with E-state index in [0.29, 0.717) is 48.9 Å². The zero-order valence-electron chi connectivity index (χ0n) is 17.0. The van der Waals surface area contributed by atoms with Gasteiger partial charge in [-0.05, 0) is 36.2 Å². The Hall–Kier alpha value is -2.81. The van der Waals surface area contributed by atoms with Crippen molar-refractivity contribution in [2.75, 3.05) is 38.2 Å². The topological polar surface area (TPSA) is 45.7 Å². The summed E-state index contributed by atoms with van der Waals surface area (Å²) in [6.07, 6.45) is -3.36. The third-order valence-corrected chi connectivity index (χ3v) is 6.48. The largest absolute Gasteiger partial charge is 0.497 e. The van der Waals surface area contributed by atoms with Gasteiger partial charge in [-0.3, -0.25) is 4.79 Å². The van der Waals surface area contributed by atoms with Crippen molar-refractivity contribution in [2.45, 2.75) is 19.0 Å². The van der Waals surface area contributed by atoms with Crippen molar-refractivity contribution in [2.24, 2.45) is 0 Å². The molecule has 31 heavy (non-hydrogen) atoms. The van der Waals surface area contributed by atoms with Gasteiger partial charge in [-0.15, -0.1) is 0 Å². The molecule has 1 saturated heterocycles. The number of amides is 1. The zero-order chi connectivity index (χ0) is 22.0. The highest BCUT2D eigenvalue weighted by molar-refractivity contribution is 7.22. The maximum Gasteiger partial charge on any atom is 0.418 e. The number of alkyl halides is 3. The van der Waals surface area contributed by atoms with E-state index in [1.165, 1.54) is 17.4 Å². The highest BCUT2D eigenvalue weighted by Crippen LogP contribution is 2.38. The summed E-state index contributed by atoms with van der Waals surface area (Å²) in [7, 11) is 1.61. The van der Waals surface area contributed by atoms with Crippen LogP contribution in [-0.2, 0) is 17.4 Å². The summed E-state index contributed by atoms with van der Waals surface area (Å²) in [5.41, 5.74) is 0.357. The Morgan fingerprint density at radius 2 is 1.81 bits per heavy atom. The highest BCUT2D eigenvalue weighted by Gasteiger charge is 2.34. The van der Waals surface area contributed by atoms with E-state index in [-0.39, 0.29) is 11.4 Å². The predicted molar refractivity (Wildman–Crippen MR) is 115 cm³/mol. The van der Waals surface area contributed by atoms with Crippen LogP contribution in [-0.4, -0.2) is 49.1 Å². The summed E-state index contributed by atoms with van der Waals surface area (Å²) < 4.78 is 45.4. The number of para-hydroxylation sites is 1. The van der Waals surface area contributed by atoms with Crippen LogP contribution in [0.5, 0.6) is 5.75 Å². The lowest BCUT2D eigenvalue weighted by Crippen LogP contribution is -2.48. The van der Waals surface area contributed by atoms with Gasteiger partial charge in [0.25, 0.3) is 0 Å². The number of halogens is 3. The first-order chi connectivity index (χ1) is 14.8. The van der Waals surface area contributed by atoms with Crippen molar-refractivity contribution in [1.82, 2.24) is 9.88 Å². The number of thiazole rings is 1. The van der Waals surface area contributed by atoms with Crippen LogP contribution in [0.2, 0.25) is 0 Å². The van der Waals surface area contributed by atoms with Crippen LogP contribution in [0, 0.1) is 0 Å². The van der Waals surface area contributed by atoms with E-state index in [4.69, 9.17) is 4.74 Å². The fourth-order valence-corrected chi connectivity index (χ4v) is 4.69. The SMILES string of the molecule is COc1ccc(CCC(=O)N2CCN(c3nc4c(C(F)(F)F)cccc4s3)CC2)cc1. The molecule has 1 aliphatic heterocycles. The number of fused-ring (bicyclic) bond motifs is 1. The van der Waals surface area contributed by atoms with Crippen LogP contribution in [0.1, 0.15) is 17.5 Å². The maximum absolute atomic E-state index is 13.2. The molecule has 0 N–H and O–H groups in total. The number of rotatable bonds is 5. The molecule has 1 aromatic heterocycles. The molecule has 9 heteroatoms. The Bertz CT molecular complexity index is 1060. The number of hydrogen-bond donors (Lipinski definition) is 0. The summed E-state index contributed by atoms with van der Waals surface area (Å²) in [5.74, 6) is 0.863. The second-order valence-corrected chi connectivity index (χ2v) is 8.37. The monoisotopic (exact) mass is 449 g/mol. The first-order valence-corrected chi connectivity index (χ1v) is 10.8. The molecular formula is C22H22F3N3O2S. The van der Waals surface area contributed by atoms with Gasteiger partial charge in [0.1, 0.15) is 5.75 Å². The summed E-state index contributed by atoms with van der Waals surface area (Å²) in [6.45, 7) is 2.16. The van der Waals surface area contributed by atoms with Crippen molar-refractivity contribution in [3.63, 3.8) is 0 Å². The standard InChI is InChI=1S/C22H22F3N3O2S/c1-30-16-8-5-15(6-9-16)7-10-19(29)27-11-13-28(14-12-27)21-26-20-17(22(23,24)25)3-2-4-18(20)31-21/h2-6,8-9H,7,10-14H2,1H3. The summed E-state index contributed by atoms with van der Waals surface area (Å²) in [6, 6.07) is 11.8. The average molecular weight is 449 g/mol. The molecule has 0 atom stereocenters. The van der Waals surface area contributed by atoms with E-state index >= 15 is 0 Å². The number of carbonyl (C=O) groups is 1. The van der Waals surface area contributed by atoms with Gasteiger partial charge in [0.15, 0.2) is 5.13 Å². The molecule has 0 unspecified atom stereocenters. The number of benzene rings is 2. The molecule has 0 spiro atoms. The Morgan fingerprint density at radius 1 is 1.10 bits per heavy atom. The normalized spacial score (nSPS) is 14.8. The zero-order valence-corrected chi connectivity index (χ0v) is 17.8. The minimum atomic E-state index is -4.43. The third kappa shape index (κ3) is 4.76. The minimum Gasteiger partial charge on any atom is -0.497 e. The molecule has 2 aromatic carbocycles. The van der Waals surface area contributed by atoms with E-state index in [2.05, 4.69) is 4.98 Å². The lowest BCUT2D eigenvalue weighted by molar-refractivity contribution is -0.136. The molecule has 164 valence electrons. The highest BCUT2D eigenvalue weighted by atomic mass is 32.1. The minimum absolute atomic E-state index is 0.00648. The number of aromatic nitrogens is 1. The fourth-order valence-electron chi connectivity index (χ4n) is 3.65. The van der Waals surface area contributed by atoms with E-state index < -0.39 is 11.7 Å². The molecule has 2 heterocycles. The molecule has 0 aliphatic carbocycles.